The van der Waals surface area contributed by atoms with Crippen molar-refractivity contribution in [1.82, 2.24) is 15.3 Å². The van der Waals surface area contributed by atoms with Gasteiger partial charge in [-0.05, 0) is 36.7 Å². The van der Waals surface area contributed by atoms with Gasteiger partial charge in [-0.15, -0.1) is 0 Å². The lowest BCUT2D eigenvalue weighted by Gasteiger charge is -2.05. The normalized spacial score (nSPS) is 12.0. The molecule has 118 valence electrons. The lowest BCUT2D eigenvalue weighted by Crippen LogP contribution is -3.00. The lowest BCUT2D eigenvalue weighted by atomic mass is 10.2. The summed E-state index contributed by atoms with van der Waals surface area (Å²) in [7, 11) is 0. The van der Waals surface area contributed by atoms with E-state index in [0.29, 0.717) is 6.79 Å². The summed E-state index contributed by atoms with van der Waals surface area (Å²) in [6, 6.07) is 7.88. The van der Waals surface area contributed by atoms with Gasteiger partial charge in [0, 0.05) is 24.7 Å². The Kier molecular flexibility index (Phi) is 6.76. The SMILES string of the molecule is [Cl-].c1cnc(SCCCNCc2ccc3c(c2)OCO3)nc1. The van der Waals surface area contributed by atoms with Gasteiger partial charge >= 0.3 is 0 Å². The molecule has 1 aromatic heterocycles. The summed E-state index contributed by atoms with van der Waals surface area (Å²) in [6.45, 7) is 2.13. The summed E-state index contributed by atoms with van der Waals surface area (Å²) in [5.74, 6) is 2.68. The van der Waals surface area contributed by atoms with Crippen LogP contribution in [0.1, 0.15) is 12.0 Å². The molecule has 22 heavy (non-hydrogen) atoms. The smallest absolute Gasteiger partial charge is 0.231 e. The van der Waals surface area contributed by atoms with Gasteiger partial charge < -0.3 is 27.2 Å². The average Bonchev–Trinajstić information content (AvgIpc) is 2.99. The number of thioether (sulfide) groups is 1. The highest BCUT2D eigenvalue weighted by Gasteiger charge is 2.12. The molecular formula is C15H17ClN3O2S-. The number of aromatic nitrogens is 2. The molecule has 0 saturated heterocycles. The number of fused-ring (bicyclic) bond motifs is 1. The van der Waals surface area contributed by atoms with Crippen molar-refractivity contribution < 1.29 is 21.9 Å². The van der Waals surface area contributed by atoms with Gasteiger partial charge in [0.15, 0.2) is 16.7 Å². The van der Waals surface area contributed by atoms with Gasteiger partial charge in [-0.25, -0.2) is 9.97 Å². The van der Waals surface area contributed by atoms with Gasteiger partial charge in [0.2, 0.25) is 6.79 Å². The summed E-state index contributed by atoms with van der Waals surface area (Å²) >= 11 is 1.68. The van der Waals surface area contributed by atoms with E-state index in [1.165, 1.54) is 5.56 Å². The molecule has 2 heterocycles. The first-order valence-corrected chi connectivity index (χ1v) is 7.89. The van der Waals surface area contributed by atoms with Crippen molar-refractivity contribution in [2.75, 3.05) is 19.1 Å². The first kappa shape index (κ1) is 16.9. The molecule has 0 atom stereocenters. The maximum absolute atomic E-state index is 5.37. The largest absolute Gasteiger partial charge is 1.00 e. The second-order valence-corrected chi connectivity index (χ2v) is 5.66. The van der Waals surface area contributed by atoms with Crippen LogP contribution < -0.4 is 27.2 Å². The van der Waals surface area contributed by atoms with Gasteiger partial charge in [-0.3, -0.25) is 0 Å². The Morgan fingerprint density at radius 3 is 2.82 bits per heavy atom. The van der Waals surface area contributed by atoms with Gasteiger partial charge in [0.25, 0.3) is 0 Å². The molecule has 0 amide bonds. The predicted molar refractivity (Wildman–Crippen MR) is 81.6 cm³/mol. The number of hydrogen-bond acceptors (Lipinski definition) is 6. The van der Waals surface area contributed by atoms with Gasteiger partial charge in [-0.1, -0.05) is 17.8 Å². The zero-order chi connectivity index (χ0) is 14.3. The first-order chi connectivity index (χ1) is 10.4. The molecule has 0 radical (unpaired) electrons. The van der Waals surface area contributed by atoms with E-state index < -0.39 is 0 Å². The number of hydrogen-bond donors (Lipinski definition) is 1. The highest BCUT2D eigenvalue weighted by molar-refractivity contribution is 7.99. The molecule has 1 aliphatic heterocycles. The molecule has 0 bridgehead atoms. The number of nitrogens with one attached hydrogen (secondary N) is 1. The summed E-state index contributed by atoms with van der Waals surface area (Å²) in [5, 5.41) is 4.27. The minimum atomic E-state index is 0. The number of benzene rings is 1. The Hall–Kier alpha value is -1.50. The van der Waals surface area contributed by atoms with E-state index >= 15 is 0 Å². The zero-order valence-corrected chi connectivity index (χ0v) is 13.6. The van der Waals surface area contributed by atoms with Crippen LogP contribution in [0.5, 0.6) is 11.5 Å². The third kappa shape index (κ3) is 4.76. The standard InChI is InChI=1S/C15H17N3O2S.ClH/c1-6-17-15(18-7-1)21-8-2-5-16-10-12-3-4-13-14(9-12)20-11-19-13;/h1,3-4,6-7,9,16H,2,5,8,10-11H2;1H/p-1. The third-order valence-corrected chi connectivity index (χ3v) is 4.00. The van der Waals surface area contributed by atoms with Crippen molar-refractivity contribution in [1.29, 1.82) is 0 Å². The van der Waals surface area contributed by atoms with Gasteiger partial charge in [0.1, 0.15) is 0 Å². The third-order valence-electron chi connectivity index (χ3n) is 3.04. The minimum Gasteiger partial charge on any atom is -1.00 e. The molecule has 1 N–H and O–H groups in total. The second-order valence-electron chi connectivity index (χ2n) is 4.60. The second kappa shape index (κ2) is 8.82. The van der Waals surface area contributed by atoms with Crippen molar-refractivity contribution >= 4 is 11.8 Å². The molecule has 5 nitrogen and oxygen atoms in total. The van der Waals surface area contributed by atoms with E-state index in [9.17, 15) is 0 Å². The number of nitrogens with zero attached hydrogens (tertiary/aromatic N) is 2. The van der Waals surface area contributed by atoms with E-state index in [-0.39, 0.29) is 12.4 Å². The quantitative estimate of drug-likeness (QED) is 0.416. The van der Waals surface area contributed by atoms with Crippen molar-refractivity contribution in [2.45, 2.75) is 18.1 Å². The Labute approximate surface area is 140 Å². The molecule has 7 heteroatoms. The summed E-state index contributed by atoms with van der Waals surface area (Å²) < 4.78 is 10.7. The Morgan fingerprint density at radius 2 is 1.95 bits per heavy atom. The molecule has 1 aromatic carbocycles. The van der Waals surface area contributed by atoms with Crippen LogP contribution in [0.15, 0.2) is 41.8 Å². The van der Waals surface area contributed by atoms with Crippen LogP contribution in [0, 0.1) is 0 Å². The molecule has 0 saturated carbocycles. The van der Waals surface area contributed by atoms with Crippen molar-refractivity contribution in [3.8, 4) is 11.5 Å². The van der Waals surface area contributed by atoms with Crippen LogP contribution >= 0.6 is 11.8 Å². The highest BCUT2D eigenvalue weighted by Crippen LogP contribution is 2.32. The summed E-state index contributed by atoms with van der Waals surface area (Å²) in [4.78, 5) is 8.37. The molecule has 2 aromatic rings. The number of halogens is 1. The highest BCUT2D eigenvalue weighted by atomic mass is 35.5. The van der Waals surface area contributed by atoms with Crippen molar-refractivity contribution in [3.05, 3.63) is 42.2 Å². The Bertz CT molecular complexity index is 586. The van der Waals surface area contributed by atoms with Crippen LogP contribution in [-0.2, 0) is 6.54 Å². The fourth-order valence-electron chi connectivity index (χ4n) is 2.00. The first-order valence-electron chi connectivity index (χ1n) is 6.91. The van der Waals surface area contributed by atoms with Crippen LogP contribution in [0.3, 0.4) is 0 Å². The van der Waals surface area contributed by atoms with Gasteiger partial charge in [0.05, 0.1) is 0 Å². The Morgan fingerprint density at radius 1 is 1.14 bits per heavy atom. The molecule has 0 fully saturated rings. The molecule has 3 rings (SSSR count). The molecule has 0 unspecified atom stereocenters. The van der Waals surface area contributed by atoms with Crippen LogP contribution in [0.4, 0.5) is 0 Å². The maximum Gasteiger partial charge on any atom is 0.231 e. The van der Waals surface area contributed by atoms with Crippen LogP contribution in [-0.4, -0.2) is 29.1 Å². The van der Waals surface area contributed by atoms with Crippen LogP contribution in [0.2, 0.25) is 0 Å². The monoisotopic (exact) mass is 338 g/mol. The average molecular weight is 339 g/mol. The van der Waals surface area contributed by atoms with Gasteiger partial charge in [-0.2, -0.15) is 0 Å². The number of ether oxygens (including phenoxy) is 2. The van der Waals surface area contributed by atoms with Crippen molar-refractivity contribution in [2.24, 2.45) is 0 Å². The predicted octanol–water partition coefficient (Wildman–Crippen LogP) is -0.519. The zero-order valence-electron chi connectivity index (χ0n) is 12.0. The van der Waals surface area contributed by atoms with E-state index in [2.05, 4.69) is 21.4 Å². The number of rotatable bonds is 7. The van der Waals surface area contributed by atoms with Crippen LogP contribution in [0.25, 0.3) is 0 Å². The summed E-state index contributed by atoms with van der Waals surface area (Å²) in [6.07, 6.45) is 4.62. The van der Waals surface area contributed by atoms with E-state index in [1.54, 1.807) is 24.2 Å². The molecule has 0 aliphatic carbocycles. The van der Waals surface area contributed by atoms with Crippen molar-refractivity contribution in [3.63, 3.8) is 0 Å². The summed E-state index contributed by atoms with van der Waals surface area (Å²) in [5.41, 5.74) is 1.21. The maximum atomic E-state index is 5.37. The van der Waals surface area contributed by atoms with E-state index in [0.717, 1.165) is 41.9 Å². The topological polar surface area (TPSA) is 56.3 Å². The fourth-order valence-corrected chi connectivity index (χ4v) is 2.75. The fraction of sp³-hybridized carbons (Fsp3) is 0.333. The lowest BCUT2D eigenvalue weighted by molar-refractivity contribution is -0.00000590. The minimum absolute atomic E-state index is 0. The molecular weight excluding hydrogens is 322 g/mol. The Balaban J connectivity index is 0.00000176. The van der Waals surface area contributed by atoms with E-state index in [1.807, 2.05) is 18.2 Å². The molecule has 0 spiro atoms. The van der Waals surface area contributed by atoms with E-state index in [4.69, 9.17) is 9.47 Å². The molecule has 1 aliphatic rings.